The highest BCUT2D eigenvalue weighted by Gasteiger charge is 2.35. The van der Waals surface area contributed by atoms with Crippen LogP contribution in [-0.4, -0.2) is 35.7 Å². The Morgan fingerprint density at radius 2 is 1.66 bits per heavy atom. The first-order valence-electron chi connectivity index (χ1n) is 9.52. The molecule has 1 atom stereocenters. The first-order chi connectivity index (χ1) is 15.3. The van der Waals surface area contributed by atoms with E-state index >= 15 is 0 Å². The van der Waals surface area contributed by atoms with Gasteiger partial charge in [-0.1, -0.05) is 11.6 Å². The van der Waals surface area contributed by atoms with E-state index in [0.717, 1.165) is 10.4 Å². The third-order valence-electron chi connectivity index (χ3n) is 5.26. The Morgan fingerprint density at radius 1 is 1.03 bits per heavy atom. The van der Waals surface area contributed by atoms with Crippen molar-refractivity contribution in [3.8, 4) is 17.2 Å². The lowest BCUT2D eigenvalue weighted by Gasteiger charge is -2.25. The molecule has 32 heavy (non-hydrogen) atoms. The van der Waals surface area contributed by atoms with Crippen LogP contribution in [0.15, 0.2) is 51.6 Å². The van der Waals surface area contributed by atoms with Gasteiger partial charge in [-0.2, -0.15) is 0 Å². The quantitative estimate of drug-likeness (QED) is 0.533. The molecule has 10 heteroatoms. The maximum atomic E-state index is 13.3. The molecule has 0 radical (unpaired) electrons. The van der Waals surface area contributed by atoms with Crippen molar-refractivity contribution in [1.29, 1.82) is 0 Å². The SMILES string of the molecule is COc1cc([C@@H]2CC(=O)Nc3c(S(=O)(=O)c4ccc(Cl)cc4)csc32)cc(OC)c1OC. The molecule has 0 unspecified atom stereocenters. The van der Waals surface area contributed by atoms with Crippen molar-refractivity contribution in [1.82, 2.24) is 0 Å². The van der Waals surface area contributed by atoms with Crippen LogP contribution < -0.4 is 19.5 Å². The van der Waals surface area contributed by atoms with Crippen LogP contribution in [0.5, 0.6) is 17.2 Å². The first kappa shape index (κ1) is 22.4. The van der Waals surface area contributed by atoms with Gasteiger partial charge in [0, 0.05) is 27.6 Å². The highest BCUT2D eigenvalue weighted by molar-refractivity contribution is 7.91. The first-order valence-corrected chi connectivity index (χ1v) is 12.3. The van der Waals surface area contributed by atoms with E-state index in [1.165, 1.54) is 56.9 Å². The monoisotopic (exact) mass is 493 g/mol. The lowest BCUT2D eigenvalue weighted by molar-refractivity contribution is -0.116. The molecular weight excluding hydrogens is 474 g/mol. The summed E-state index contributed by atoms with van der Waals surface area (Å²) < 4.78 is 42.8. The Hall–Kier alpha value is -2.75. The normalized spacial score (nSPS) is 15.6. The number of carbonyl (C=O) groups excluding carboxylic acids is 1. The number of fused-ring (bicyclic) bond motifs is 1. The number of thiophene rings is 1. The third kappa shape index (κ3) is 3.80. The molecule has 0 bridgehead atoms. The summed E-state index contributed by atoms with van der Waals surface area (Å²) >= 11 is 7.19. The van der Waals surface area contributed by atoms with Gasteiger partial charge in [0.05, 0.1) is 31.9 Å². The van der Waals surface area contributed by atoms with E-state index in [9.17, 15) is 13.2 Å². The standard InChI is InChI=1S/C22H20ClNO6S2/c1-28-16-8-12(9-17(29-2)21(16)30-3)15-10-19(25)24-20-18(11-31-22(15)20)32(26,27)14-6-4-13(23)5-7-14/h4-9,11,15H,10H2,1-3H3,(H,24,25)/t15-/m0/s1. The van der Waals surface area contributed by atoms with Crippen LogP contribution in [0.1, 0.15) is 22.8 Å². The summed E-state index contributed by atoms with van der Waals surface area (Å²) in [6, 6.07) is 9.49. The van der Waals surface area contributed by atoms with E-state index in [1.54, 1.807) is 17.5 Å². The molecule has 2 heterocycles. The predicted molar refractivity (Wildman–Crippen MR) is 122 cm³/mol. The lowest BCUT2D eigenvalue weighted by atomic mass is 9.90. The van der Waals surface area contributed by atoms with Crippen LogP contribution in [-0.2, 0) is 14.6 Å². The van der Waals surface area contributed by atoms with Gasteiger partial charge in [-0.15, -0.1) is 11.3 Å². The minimum absolute atomic E-state index is 0.0605. The molecular formula is C22H20ClNO6S2. The highest BCUT2D eigenvalue weighted by Crippen LogP contribution is 2.48. The molecule has 3 aromatic rings. The number of ether oxygens (including phenoxy) is 3. The van der Waals surface area contributed by atoms with Crippen LogP contribution >= 0.6 is 22.9 Å². The fourth-order valence-electron chi connectivity index (χ4n) is 3.71. The molecule has 168 valence electrons. The summed E-state index contributed by atoms with van der Waals surface area (Å²) in [7, 11) is 0.693. The zero-order valence-corrected chi connectivity index (χ0v) is 19.9. The Bertz CT molecular complexity index is 1260. The minimum Gasteiger partial charge on any atom is -0.493 e. The van der Waals surface area contributed by atoms with Crippen molar-refractivity contribution in [2.24, 2.45) is 0 Å². The molecule has 1 aromatic heterocycles. The van der Waals surface area contributed by atoms with E-state index in [4.69, 9.17) is 25.8 Å². The van der Waals surface area contributed by atoms with E-state index < -0.39 is 9.84 Å². The second-order valence-electron chi connectivity index (χ2n) is 7.06. The Labute approximate surface area is 194 Å². The fraction of sp³-hybridized carbons (Fsp3) is 0.227. The molecule has 0 fully saturated rings. The Morgan fingerprint density at radius 3 is 2.22 bits per heavy atom. The second kappa shape index (κ2) is 8.65. The zero-order valence-electron chi connectivity index (χ0n) is 17.5. The van der Waals surface area contributed by atoms with Gasteiger partial charge < -0.3 is 19.5 Å². The van der Waals surface area contributed by atoms with Crippen LogP contribution in [0.4, 0.5) is 5.69 Å². The van der Waals surface area contributed by atoms with E-state index in [1.807, 2.05) is 0 Å². The summed E-state index contributed by atoms with van der Waals surface area (Å²) in [5.41, 5.74) is 1.06. The molecule has 2 aromatic carbocycles. The molecule has 1 N–H and O–H groups in total. The molecule has 0 aliphatic carbocycles. The Balaban J connectivity index is 1.84. The van der Waals surface area contributed by atoms with Crippen LogP contribution in [0.3, 0.4) is 0 Å². The molecule has 0 saturated carbocycles. The van der Waals surface area contributed by atoms with E-state index in [-0.39, 0.29) is 28.0 Å². The highest BCUT2D eigenvalue weighted by atomic mass is 35.5. The zero-order chi connectivity index (χ0) is 23.0. The number of nitrogens with one attached hydrogen (secondary N) is 1. The minimum atomic E-state index is -3.85. The fourth-order valence-corrected chi connectivity index (χ4v) is 6.75. The van der Waals surface area contributed by atoms with Crippen LogP contribution in [0, 0.1) is 0 Å². The van der Waals surface area contributed by atoms with E-state index in [2.05, 4.69) is 5.32 Å². The van der Waals surface area contributed by atoms with Crippen molar-refractivity contribution in [3.05, 3.63) is 57.2 Å². The number of methoxy groups -OCH3 is 3. The molecule has 4 rings (SSSR count). The van der Waals surface area contributed by atoms with Gasteiger partial charge in [-0.3, -0.25) is 4.79 Å². The smallest absolute Gasteiger partial charge is 0.225 e. The van der Waals surface area contributed by atoms with E-state index in [0.29, 0.717) is 28.0 Å². The van der Waals surface area contributed by atoms with Gasteiger partial charge >= 0.3 is 0 Å². The van der Waals surface area contributed by atoms with Crippen molar-refractivity contribution in [2.75, 3.05) is 26.6 Å². The average Bonchev–Trinajstić information content (AvgIpc) is 3.22. The summed E-state index contributed by atoms with van der Waals surface area (Å²) in [6.07, 6.45) is 0.159. The average molecular weight is 494 g/mol. The number of rotatable bonds is 6. The number of sulfone groups is 1. The van der Waals surface area contributed by atoms with Crippen molar-refractivity contribution in [3.63, 3.8) is 0 Å². The molecule has 7 nitrogen and oxygen atoms in total. The van der Waals surface area contributed by atoms with Gasteiger partial charge in [0.15, 0.2) is 11.5 Å². The number of anilines is 1. The molecule has 1 aliphatic heterocycles. The molecule has 0 saturated heterocycles. The number of hydrogen-bond donors (Lipinski definition) is 1. The second-order valence-corrected chi connectivity index (χ2v) is 10.3. The van der Waals surface area contributed by atoms with Gasteiger partial charge in [-0.25, -0.2) is 8.42 Å². The van der Waals surface area contributed by atoms with Crippen LogP contribution in [0.25, 0.3) is 0 Å². The summed E-state index contributed by atoms with van der Waals surface area (Å²) in [5, 5.41) is 4.75. The maximum absolute atomic E-state index is 13.3. The van der Waals surface area contributed by atoms with Crippen LogP contribution in [0.2, 0.25) is 5.02 Å². The molecule has 0 spiro atoms. The number of hydrogen-bond acceptors (Lipinski definition) is 7. The van der Waals surface area contributed by atoms with Gasteiger partial charge in [0.2, 0.25) is 21.5 Å². The number of halogens is 1. The van der Waals surface area contributed by atoms with Crippen molar-refractivity contribution >= 4 is 44.4 Å². The maximum Gasteiger partial charge on any atom is 0.225 e. The molecule has 1 amide bonds. The number of benzene rings is 2. The third-order valence-corrected chi connectivity index (χ3v) is 8.55. The number of carbonyl (C=O) groups is 1. The summed E-state index contributed by atoms with van der Waals surface area (Å²) in [4.78, 5) is 13.5. The largest absolute Gasteiger partial charge is 0.493 e. The van der Waals surface area contributed by atoms with Gasteiger partial charge in [0.1, 0.15) is 4.90 Å². The summed E-state index contributed by atoms with van der Waals surface area (Å²) in [5.74, 6) is 0.713. The molecule has 1 aliphatic rings. The predicted octanol–water partition coefficient (Wildman–Crippen LogP) is 4.73. The Kier molecular flexibility index (Phi) is 6.07. The van der Waals surface area contributed by atoms with Gasteiger partial charge in [0.25, 0.3) is 0 Å². The summed E-state index contributed by atoms with van der Waals surface area (Å²) in [6.45, 7) is 0. The van der Waals surface area contributed by atoms with Crippen molar-refractivity contribution < 1.29 is 27.4 Å². The van der Waals surface area contributed by atoms with Crippen molar-refractivity contribution in [2.45, 2.75) is 22.1 Å². The van der Waals surface area contributed by atoms with Gasteiger partial charge in [-0.05, 0) is 42.0 Å². The number of amides is 1. The lowest BCUT2D eigenvalue weighted by Crippen LogP contribution is -2.23. The topological polar surface area (TPSA) is 90.9 Å².